The first-order valence-electron chi connectivity index (χ1n) is 5.23. The molecule has 1 heterocycles. The largest absolute Gasteiger partial charge is 0.460 e. The number of carbonyl (C=O) groups excluding carboxylic acids is 1. The molecular formula is C13H11BrO3. The molecule has 0 N–H and O–H groups in total. The highest BCUT2D eigenvalue weighted by Crippen LogP contribution is 2.24. The first-order valence-corrected chi connectivity index (χ1v) is 6.03. The molecule has 1 aromatic carbocycles. The van der Waals surface area contributed by atoms with E-state index in [9.17, 15) is 4.79 Å². The number of benzene rings is 1. The van der Waals surface area contributed by atoms with Crippen LogP contribution >= 0.6 is 15.9 Å². The van der Waals surface area contributed by atoms with Crippen LogP contribution in [0.3, 0.4) is 0 Å². The van der Waals surface area contributed by atoms with E-state index in [4.69, 9.17) is 9.15 Å². The van der Waals surface area contributed by atoms with Crippen LogP contribution in [0.1, 0.15) is 17.5 Å². The predicted molar refractivity (Wildman–Crippen MR) is 67.8 cm³/mol. The Bertz CT molecular complexity index is 514. The molecule has 0 aliphatic rings. The SMILES string of the molecule is CCOC(=O)c1ccc(-c2ccc(Br)cc2)o1. The zero-order valence-corrected chi connectivity index (χ0v) is 10.9. The van der Waals surface area contributed by atoms with Crippen LogP contribution in [0.5, 0.6) is 0 Å². The van der Waals surface area contributed by atoms with Crippen LogP contribution in [-0.4, -0.2) is 12.6 Å². The van der Waals surface area contributed by atoms with Crippen molar-refractivity contribution in [2.45, 2.75) is 6.92 Å². The summed E-state index contributed by atoms with van der Waals surface area (Å²) in [6.45, 7) is 2.10. The number of esters is 1. The molecule has 0 aliphatic heterocycles. The monoisotopic (exact) mass is 294 g/mol. The van der Waals surface area contributed by atoms with E-state index in [1.165, 1.54) is 0 Å². The summed E-state index contributed by atoms with van der Waals surface area (Å²) in [4.78, 5) is 11.4. The van der Waals surface area contributed by atoms with E-state index in [2.05, 4.69) is 15.9 Å². The van der Waals surface area contributed by atoms with E-state index in [1.807, 2.05) is 24.3 Å². The number of carbonyl (C=O) groups is 1. The van der Waals surface area contributed by atoms with Crippen molar-refractivity contribution in [2.24, 2.45) is 0 Å². The molecule has 0 radical (unpaired) electrons. The van der Waals surface area contributed by atoms with Gasteiger partial charge >= 0.3 is 5.97 Å². The quantitative estimate of drug-likeness (QED) is 0.806. The zero-order valence-electron chi connectivity index (χ0n) is 9.27. The summed E-state index contributed by atoms with van der Waals surface area (Å²) in [5, 5.41) is 0. The first-order chi connectivity index (χ1) is 8.20. The Morgan fingerprint density at radius 3 is 2.59 bits per heavy atom. The van der Waals surface area contributed by atoms with E-state index in [0.29, 0.717) is 12.4 Å². The number of halogens is 1. The summed E-state index contributed by atoms with van der Waals surface area (Å²) in [5.41, 5.74) is 0.920. The molecule has 2 aromatic rings. The van der Waals surface area contributed by atoms with Crippen molar-refractivity contribution in [3.63, 3.8) is 0 Å². The Balaban J connectivity index is 2.23. The van der Waals surface area contributed by atoms with Crippen molar-refractivity contribution >= 4 is 21.9 Å². The van der Waals surface area contributed by atoms with E-state index >= 15 is 0 Å². The standard InChI is InChI=1S/C13H11BrO3/c1-2-16-13(15)12-8-7-11(17-12)9-3-5-10(14)6-4-9/h3-8H,2H2,1H3. The average Bonchev–Trinajstić information content (AvgIpc) is 2.80. The topological polar surface area (TPSA) is 39.4 Å². The third-order valence-corrected chi connectivity index (χ3v) is 2.74. The van der Waals surface area contributed by atoms with Gasteiger partial charge in [-0.25, -0.2) is 4.79 Å². The molecular weight excluding hydrogens is 284 g/mol. The molecule has 0 saturated carbocycles. The summed E-state index contributed by atoms with van der Waals surface area (Å²) < 4.78 is 11.3. The number of hydrogen-bond acceptors (Lipinski definition) is 3. The van der Waals surface area contributed by atoms with Crippen LogP contribution in [0.15, 0.2) is 45.3 Å². The fraction of sp³-hybridized carbons (Fsp3) is 0.154. The molecule has 0 bridgehead atoms. The van der Waals surface area contributed by atoms with E-state index in [1.54, 1.807) is 19.1 Å². The molecule has 88 valence electrons. The molecule has 17 heavy (non-hydrogen) atoms. The Morgan fingerprint density at radius 1 is 1.24 bits per heavy atom. The van der Waals surface area contributed by atoms with Crippen LogP contribution in [0, 0.1) is 0 Å². The number of ether oxygens (including phenoxy) is 1. The number of furan rings is 1. The normalized spacial score (nSPS) is 10.2. The highest BCUT2D eigenvalue weighted by molar-refractivity contribution is 9.10. The molecule has 0 amide bonds. The number of hydrogen-bond donors (Lipinski definition) is 0. The highest BCUT2D eigenvalue weighted by Gasteiger charge is 2.12. The third-order valence-electron chi connectivity index (χ3n) is 2.21. The second kappa shape index (κ2) is 5.19. The van der Waals surface area contributed by atoms with E-state index in [-0.39, 0.29) is 5.76 Å². The summed E-state index contributed by atoms with van der Waals surface area (Å²) in [6, 6.07) is 11.0. The van der Waals surface area contributed by atoms with Gasteiger partial charge < -0.3 is 9.15 Å². The lowest BCUT2D eigenvalue weighted by molar-refractivity contribution is 0.0491. The lowest BCUT2D eigenvalue weighted by Gasteiger charge is -1.98. The van der Waals surface area contributed by atoms with Crippen molar-refractivity contribution in [2.75, 3.05) is 6.61 Å². The van der Waals surface area contributed by atoms with Gasteiger partial charge in [0, 0.05) is 10.0 Å². The van der Waals surface area contributed by atoms with Crippen molar-refractivity contribution in [3.05, 3.63) is 46.6 Å². The van der Waals surface area contributed by atoms with Crippen molar-refractivity contribution < 1.29 is 13.9 Å². The van der Waals surface area contributed by atoms with Gasteiger partial charge in [-0.15, -0.1) is 0 Å². The Morgan fingerprint density at radius 2 is 1.94 bits per heavy atom. The lowest BCUT2D eigenvalue weighted by Crippen LogP contribution is -2.02. The van der Waals surface area contributed by atoms with Gasteiger partial charge in [-0.3, -0.25) is 0 Å². The van der Waals surface area contributed by atoms with Crippen molar-refractivity contribution in [1.29, 1.82) is 0 Å². The summed E-state index contributed by atoms with van der Waals surface area (Å²) in [5.74, 6) is 0.446. The first kappa shape index (κ1) is 11.9. The molecule has 2 rings (SSSR count). The molecule has 0 aliphatic carbocycles. The predicted octanol–water partition coefficient (Wildman–Crippen LogP) is 3.89. The Labute approximate surface area is 108 Å². The van der Waals surface area contributed by atoms with Crippen LogP contribution in [-0.2, 0) is 4.74 Å². The van der Waals surface area contributed by atoms with Gasteiger partial charge in [0.2, 0.25) is 5.76 Å². The molecule has 3 nitrogen and oxygen atoms in total. The summed E-state index contributed by atoms with van der Waals surface area (Å²) in [6.07, 6.45) is 0. The lowest BCUT2D eigenvalue weighted by atomic mass is 10.2. The van der Waals surface area contributed by atoms with E-state index in [0.717, 1.165) is 10.0 Å². The zero-order chi connectivity index (χ0) is 12.3. The smallest absolute Gasteiger partial charge is 0.374 e. The molecule has 0 fully saturated rings. The molecule has 0 atom stereocenters. The Kier molecular flexibility index (Phi) is 3.64. The summed E-state index contributed by atoms with van der Waals surface area (Å²) >= 11 is 3.36. The molecule has 1 aromatic heterocycles. The minimum absolute atomic E-state index is 0.227. The van der Waals surface area contributed by atoms with Gasteiger partial charge in [0.05, 0.1) is 6.61 Å². The second-order valence-electron chi connectivity index (χ2n) is 3.39. The minimum atomic E-state index is -0.434. The maximum Gasteiger partial charge on any atom is 0.374 e. The van der Waals surface area contributed by atoms with E-state index < -0.39 is 5.97 Å². The van der Waals surface area contributed by atoms with Crippen LogP contribution < -0.4 is 0 Å². The molecule has 0 unspecified atom stereocenters. The average molecular weight is 295 g/mol. The van der Waals surface area contributed by atoms with Crippen LogP contribution in [0.25, 0.3) is 11.3 Å². The second-order valence-corrected chi connectivity index (χ2v) is 4.31. The van der Waals surface area contributed by atoms with Gasteiger partial charge in [0.25, 0.3) is 0 Å². The molecule has 4 heteroatoms. The maximum atomic E-state index is 11.4. The Hall–Kier alpha value is -1.55. The van der Waals surface area contributed by atoms with Crippen LogP contribution in [0.2, 0.25) is 0 Å². The van der Waals surface area contributed by atoms with Gasteiger partial charge in [-0.05, 0) is 31.2 Å². The maximum absolute atomic E-state index is 11.4. The number of rotatable bonds is 3. The third kappa shape index (κ3) is 2.77. The van der Waals surface area contributed by atoms with Gasteiger partial charge in [0.15, 0.2) is 0 Å². The minimum Gasteiger partial charge on any atom is -0.460 e. The van der Waals surface area contributed by atoms with Crippen LogP contribution in [0.4, 0.5) is 0 Å². The fourth-order valence-electron chi connectivity index (χ4n) is 1.42. The fourth-order valence-corrected chi connectivity index (χ4v) is 1.68. The highest BCUT2D eigenvalue weighted by atomic mass is 79.9. The van der Waals surface area contributed by atoms with Crippen molar-refractivity contribution in [3.8, 4) is 11.3 Å². The molecule has 0 saturated heterocycles. The van der Waals surface area contributed by atoms with Gasteiger partial charge in [-0.1, -0.05) is 28.1 Å². The van der Waals surface area contributed by atoms with Gasteiger partial charge in [0.1, 0.15) is 5.76 Å². The van der Waals surface area contributed by atoms with Gasteiger partial charge in [-0.2, -0.15) is 0 Å². The van der Waals surface area contributed by atoms with Crippen molar-refractivity contribution in [1.82, 2.24) is 0 Å². The molecule has 0 spiro atoms. The summed E-state index contributed by atoms with van der Waals surface area (Å²) in [7, 11) is 0.